The van der Waals surface area contributed by atoms with Gasteiger partial charge in [0.05, 0.1) is 13.2 Å². The lowest BCUT2D eigenvalue weighted by Crippen LogP contribution is -2.22. The van der Waals surface area contributed by atoms with Crippen LogP contribution in [0.4, 0.5) is 8.78 Å². The van der Waals surface area contributed by atoms with E-state index in [4.69, 9.17) is 10.5 Å². The third-order valence-corrected chi connectivity index (χ3v) is 5.86. The number of amides is 1. The highest BCUT2D eigenvalue weighted by atomic mass is 19.1. The van der Waals surface area contributed by atoms with E-state index in [1.165, 1.54) is 12.1 Å². The van der Waals surface area contributed by atoms with E-state index in [9.17, 15) is 13.6 Å². The highest BCUT2D eigenvalue weighted by molar-refractivity contribution is 5.97. The first-order valence-electron chi connectivity index (χ1n) is 10.1. The molecule has 1 aliphatic heterocycles. The van der Waals surface area contributed by atoms with Crippen molar-refractivity contribution in [1.82, 2.24) is 4.57 Å². The molecule has 0 saturated heterocycles. The van der Waals surface area contributed by atoms with Crippen molar-refractivity contribution in [3.8, 4) is 5.75 Å². The van der Waals surface area contributed by atoms with Crippen molar-refractivity contribution >= 4 is 16.8 Å². The summed E-state index contributed by atoms with van der Waals surface area (Å²) in [7, 11) is 0. The molecular weight excluding hydrogens is 398 g/mol. The highest BCUT2D eigenvalue weighted by Gasteiger charge is 2.25. The second-order valence-electron chi connectivity index (χ2n) is 7.85. The molecule has 2 N–H and O–H groups in total. The molecule has 0 saturated carbocycles. The molecule has 6 heteroatoms. The quantitative estimate of drug-likeness (QED) is 0.518. The predicted molar refractivity (Wildman–Crippen MR) is 114 cm³/mol. The summed E-state index contributed by atoms with van der Waals surface area (Å²) in [4.78, 5) is 11.7. The molecule has 1 unspecified atom stereocenters. The van der Waals surface area contributed by atoms with Crippen molar-refractivity contribution in [3.63, 3.8) is 0 Å². The number of fused-ring (bicyclic) bond motifs is 2. The standard InChI is InChI=1S/C25H20F2N2O2/c26-20-7-5-17(21(27)12-20)13-29-22-8-6-16(25(28)30)10-18(22)11-23(29)19-9-15-3-1-2-4-24(15)31-14-19/h1-8,10-12,19H,9,13-14H2,(H2,28,30). The smallest absolute Gasteiger partial charge is 0.248 e. The minimum atomic E-state index is -0.609. The maximum Gasteiger partial charge on any atom is 0.248 e. The number of hydrogen-bond acceptors (Lipinski definition) is 2. The number of primary amides is 1. The second-order valence-corrected chi connectivity index (χ2v) is 7.85. The number of carbonyl (C=O) groups is 1. The molecule has 1 aliphatic rings. The van der Waals surface area contributed by atoms with Gasteiger partial charge in [-0.2, -0.15) is 0 Å². The fourth-order valence-electron chi connectivity index (χ4n) is 4.30. The zero-order chi connectivity index (χ0) is 21.5. The Bertz CT molecular complexity index is 1310. The summed E-state index contributed by atoms with van der Waals surface area (Å²) in [5.74, 6) is -0.783. The van der Waals surface area contributed by atoms with Crippen molar-refractivity contribution < 1.29 is 18.3 Å². The number of carbonyl (C=O) groups excluding carboxylic acids is 1. The summed E-state index contributed by atoms with van der Waals surface area (Å²) in [5, 5.41) is 0.840. The normalized spacial score (nSPS) is 15.5. The van der Waals surface area contributed by atoms with Crippen LogP contribution in [0.3, 0.4) is 0 Å². The molecule has 1 amide bonds. The van der Waals surface area contributed by atoms with Crippen LogP contribution < -0.4 is 10.5 Å². The Labute approximate surface area is 177 Å². The number of nitrogens with zero attached hydrogens (tertiary/aromatic N) is 1. The maximum absolute atomic E-state index is 14.4. The fourth-order valence-corrected chi connectivity index (χ4v) is 4.30. The average Bonchev–Trinajstić information content (AvgIpc) is 3.13. The van der Waals surface area contributed by atoms with E-state index in [1.54, 1.807) is 12.1 Å². The number of ether oxygens (including phenoxy) is 1. The van der Waals surface area contributed by atoms with Crippen LogP contribution in [0.2, 0.25) is 0 Å². The molecule has 0 spiro atoms. The van der Waals surface area contributed by atoms with Crippen molar-refractivity contribution in [2.45, 2.75) is 18.9 Å². The van der Waals surface area contributed by atoms with Crippen LogP contribution in [0.5, 0.6) is 5.75 Å². The second kappa shape index (κ2) is 7.54. The minimum Gasteiger partial charge on any atom is -0.493 e. The molecule has 0 fully saturated rings. The van der Waals surface area contributed by atoms with Gasteiger partial charge in [-0.05, 0) is 48.4 Å². The van der Waals surface area contributed by atoms with Crippen LogP contribution in [0.25, 0.3) is 10.9 Å². The lowest BCUT2D eigenvalue weighted by atomic mass is 9.93. The molecule has 2 heterocycles. The Morgan fingerprint density at radius 3 is 2.71 bits per heavy atom. The first kappa shape index (κ1) is 19.3. The zero-order valence-corrected chi connectivity index (χ0v) is 16.6. The molecule has 4 aromatic rings. The van der Waals surface area contributed by atoms with E-state index in [1.807, 2.05) is 41.0 Å². The van der Waals surface area contributed by atoms with Gasteiger partial charge in [-0.25, -0.2) is 8.78 Å². The first-order valence-corrected chi connectivity index (χ1v) is 10.1. The number of hydrogen-bond donors (Lipinski definition) is 1. The Hall–Kier alpha value is -3.67. The van der Waals surface area contributed by atoms with Gasteiger partial charge in [0.15, 0.2) is 0 Å². The summed E-state index contributed by atoms with van der Waals surface area (Å²) in [6.07, 6.45) is 0.779. The topological polar surface area (TPSA) is 57.3 Å². The molecule has 3 aromatic carbocycles. The molecule has 0 aliphatic carbocycles. The molecular formula is C25H20F2N2O2. The zero-order valence-electron chi connectivity index (χ0n) is 16.6. The molecule has 5 rings (SSSR count). The average molecular weight is 418 g/mol. The van der Waals surface area contributed by atoms with Crippen LogP contribution in [-0.2, 0) is 13.0 Å². The van der Waals surface area contributed by atoms with Gasteiger partial charge in [0.1, 0.15) is 17.4 Å². The highest BCUT2D eigenvalue weighted by Crippen LogP contribution is 2.35. The Kier molecular flexibility index (Phi) is 4.70. The molecule has 0 bridgehead atoms. The van der Waals surface area contributed by atoms with Crippen LogP contribution in [0.1, 0.15) is 33.1 Å². The van der Waals surface area contributed by atoms with Crippen molar-refractivity contribution in [2.24, 2.45) is 5.73 Å². The lowest BCUT2D eigenvalue weighted by molar-refractivity contribution is 0.100. The number of nitrogens with two attached hydrogens (primary N) is 1. The first-order chi connectivity index (χ1) is 15.0. The number of benzene rings is 3. The van der Waals surface area contributed by atoms with Crippen molar-refractivity contribution in [2.75, 3.05) is 6.61 Å². The minimum absolute atomic E-state index is 0.0443. The van der Waals surface area contributed by atoms with Gasteiger partial charge in [-0.15, -0.1) is 0 Å². The molecule has 0 radical (unpaired) electrons. The number of aromatic nitrogens is 1. The van der Waals surface area contributed by atoms with E-state index >= 15 is 0 Å². The van der Waals surface area contributed by atoms with Gasteiger partial charge >= 0.3 is 0 Å². The van der Waals surface area contributed by atoms with E-state index in [0.717, 1.165) is 40.4 Å². The molecule has 1 aromatic heterocycles. The summed E-state index contributed by atoms with van der Waals surface area (Å²) < 4.78 is 35.8. The predicted octanol–water partition coefficient (Wildman–Crippen LogP) is 4.79. The van der Waals surface area contributed by atoms with Gasteiger partial charge < -0.3 is 15.0 Å². The third-order valence-electron chi connectivity index (χ3n) is 5.86. The summed E-state index contributed by atoms with van der Waals surface area (Å²) in [6.45, 7) is 0.723. The lowest BCUT2D eigenvalue weighted by Gasteiger charge is -2.26. The van der Waals surface area contributed by atoms with Gasteiger partial charge in [0.2, 0.25) is 5.91 Å². The third kappa shape index (κ3) is 3.54. The Morgan fingerprint density at radius 2 is 1.90 bits per heavy atom. The van der Waals surface area contributed by atoms with Gasteiger partial charge in [-0.1, -0.05) is 24.3 Å². The number of halogens is 2. The summed E-state index contributed by atoms with van der Waals surface area (Å²) in [6, 6.07) is 18.8. The van der Waals surface area contributed by atoms with Crippen LogP contribution in [0.15, 0.2) is 66.7 Å². The summed E-state index contributed by atoms with van der Waals surface area (Å²) >= 11 is 0. The Balaban J connectivity index is 1.62. The fraction of sp³-hybridized carbons (Fsp3) is 0.160. The summed E-state index contributed by atoms with van der Waals surface area (Å²) in [5.41, 5.74) is 9.18. The van der Waals surface area contributed by atoms with E-state index in [-0.39, 0.29) is 12.5 Å². The maximum atomic E-state index is 14.4. The number of para-hydroxylation sites is 1. The van der Waals surface area contributed by atoms with E-state index < -0.39 is 17.5 Å². The molecule has 4 nitrogen and oxygen atoms in total. The largest absolute Gasteiger partial charge is 0.493 e. The molecule has 31 heavy (non-hydrogen) atoms. The monoisotopic (exact) mass is 418 g/mol. The van der Waals surface area contributed by atoms with E-state index in [2.05, 4.69) is 0 Å². The molecule has 156 valence electrons. The van der Waals surface area contributed by atoms with Crippen LogP contribution >= 0.6 is 0 Å². The van der Waals surface area contributed by atoms with Crippen LogP contribution in [-0.4, -0.2) is 17.1 Å². The number of rotatable bonds is 4. The van der Waals surface area contributed by atoms with Crippen molar-refractivity contribution in [3.05, 3.63) is 101 Å². The Morgan fingerprint density at radius 1 is 1.06 bits per heavy atom. The van der Waals surface area contributed by atoms with Crippen molar-refractivity contribution in [1.29, 1.82) is 0 Å². The van der Waals surface area contributed by atoms with Gasteiger partial charge in [-0.3, -0.25) is 4.79 Å². The van der Waals surface area contributed by atoms with Gasteiger partial charge in [0, 0.05) is 39.7 Å². The molecule has 1 atom stereocenters. The van der Waals surface area contributed by atoms with Crippen LogP contribution in [0, 0.1) is 11.6 Å². The SMILES string of the molecule is NC(=O)c1ccc2c(c1)cc(C1COc3ccccc3C1)n2Cc1ccc(F)cc1F. The van der Waals surface area contributed by atoms with Gasteiger partial charge in [0.25, 0.3) is 0 Å². The van der Waals surface area contributed by atoms with E-state index in [0.29, 0.717) is 17.7 Å².